The van der Waals surface area contributed by atoms with E-state index in [1.165, 1.54) is 13.0 Å². The monoisotopic (exact) mass is 146 g/mol. The first kappa shape index (κ1) is 9.34. The van der Waals surface area contributed by atoms with Gasteiger partial charge in [-0.3, -0.25) is 0 Å². The highest BCUT2D eigenvalue weighted by atomic mass is 19.1. The van der Waals surface area contributed by atoms with E-state index in [1.807, 2.05) is 6.92 Å². The van der Waals surface area contributed by atoms with Crippen LogP contribution in [0.5, 0.6) is 0 Å². The van der Waals surface area contributed by atoms with Gasteiger partial charge >= 0.3 is 0 Å². The Morgan fingerprint density at radius 2 is 2.20 bits per heavy atom. The summed E-state index contributed by atoms with van der Waals surface area (Å²) >= 11 is 0. The first-order valence-electron chi connectivity index (χ1n) is 3.34. The fourth-order valence-corrected chi connectivity index (χ4v) is 0.505. The highest BCUT2D eigenvalue weighted by molar-refractivity contribution is 5.11. The maximum Gasteiger partial charge on any atom is 0.121 e. The van der Waals surface area contributed by atoms with E-state index in [1.54, 1.807) is 6.08 Å². The predicted octanol–water partition coefficient (Wildman–Crippen LogP) is 3.16. The summed E-state index contributed by atoms with van der Waals surface area (Å²) in [6.45, 7) is 3.18. The van der Waals surface area contributed by atoms with E-state index in [9.17, 15) is 8.78 Å². The van der Waals surface area contributed by atoms with Gasteiger partial charge in [-0.1, -0.05) is 13.0 Å². The van der Waals surface area contributed by atoms with Crippen molar-refractivity contribution in [2.75, 3.05) is 0 Å². The topological polar surface area (TPSA) is 0 Å². The first-order valence-corrected chi connectivity index (χ1v) is 3.34. The van der Waals surface area contributed by atoms with Crippen LogP contribution >= 0.6 is 0 Å². The molecule has 0 N–H and O–H groups in total. The summed E-state index contributed by atoms with van der Waals surface area (Å²) < 4.78 is 24.4. The van der Waals surface area contributed by atoms with Gasteiger partial charge in [0.15, 0.2) is 0 Å². The lowest BCUT2D eigenvalue weighted by Gasteiger charge is -1.89. The minimum Gasteiger partial charge on any atom is -0.243 e. The lowest BCUT2D eigenvalue weighted by Crippen LogP contribution is -1.84. The van der Waals surface area contributed by atoms with Crippen LogP contribution in [0.25, 0.3) is 0 Å². The third-order valence-electron chi connectivity index (χ3n) is 0.902. The first-order chi connectivity index (χ1) is 4.66. The van der Waals surface area contributed by atoms with Crippen molar-refractivity contribution in [2.24, 2.45) is 0 Å². The normalized spacial score (nSPS) is 16.2. The Kier molecular flexibility index (Phi) is 4.81. The molecule has 0 aliphatic heterocycles. The van der Waals surface area contributed by atoms with E-state index in [0.717, 1.165) is 12.5 Å². The summed E-state index contributed by atoms with van der Waals surface area (Å²) in [6, 6.07) is 0. The van der Waals surface area contributed by atoms with Gasteiger partial charge in [-0.2, -0.15) is 0 Å². The molecule has 10 heavy (non-hydrogen) atoms. The molecule has 0 fully saturated rings. The molecule has 0 nitrogen and oxygen atoms in total. The van der Waals surface area contributed by atoms with Gasteiger partial charge in [-0.15, -0.1) is 0 Å². The van der Waals surface area contributed by atoms with Crippen LogP contribution in [0.15, 0.2) is 24.1 Å². The predicted molar refractivity (Wildman–Crippen MR) is 39.2 cm³/mol. The third kappa shape index (κ3) is 5.48. The lowest BCUT2D eigenvalue weighted by molar-refractivity contribution is 0.423. The molecule has 1 unspecified atom stereocenters. The zero-order valence-electron chi connectivity index (χ0n) is 6.27. The largest absolute Gasteiger partial charge is 0.243 e. The van der Waals surface area contributed by atoms with Crippen LogP contribution in [0.4, 0.5) is 8.78 Å². The van der Waals surface area contributed by atoms with E-state index in [4.69, 9.17) is 0 Å². The van der Waals surface area contributed by atoms with Gasteiger partial charge < -0.3 is 0 Å². The Hall–Kier alpha value is -0.660. The van der Waals surface area contributed by atoms with E-state index in [-0.39, 0.29) is 0 Å². The molecule has 0 aromatic heterocycles. The molecule has 0 bridgehead atoms. The lowest BCUT2D eigenvalue weighted by atomic mass is 10.3. The highest BCUT2D eigenvalue weighted by Crippen LogP contribution is 2.03. The Morgan fingerprint density at radius 3 is 2.60 bits per heavy atom. The number of hydrogen-bond acceptors (Lipinski definition) is 0. The average Bonchev–Trinajstić information content (AvgIpc) is 1.82. The summed E-state index contributed by atoms with van der Waals surface area (Å²) in [4.78, 5) is 0. The summed E-state index contributed by atoms with van der Waals surface area (Å²) in [5, 5.41) is 0. The van der Waals surface area contributed by atoms with Gasteiger partial charge in [0, 0.05) is 0 Å². The van der Waals surface area contributed by atoms with Crippen LogP contribution < -0.4 is 0 Å². The van der Waals surface area contributed by atoms with Gasteiger partial charge in [-0.25, -0.2) is 8.78 Å². The molecular formula is C8H12F2. The summed E-state index contributed by atoms with van der Waals surface area (Å²) in [7, 11) is 0. The fourth-order valence-electron chi connectivity index (χ4n) is 0.505. The minimum atomic E-state index is -1.21. The maximum absolute atomic E-state index is 12.4. The van der Waals surface area contributed by atoms with Crippen molar-refractivity contribution in [1.29, 1.82) is 0 Å². The molecule has 0 saturated carbocycles. The second kappa shape index (κ2) is 5.15. The molecule has 0 amide bonds. The van der Waals surface area contributed by atoms with Crippen LogP contribution in [0.3, 0.4) is 0 Å². The summed E-state index contributed by atoms with van der Waals surface area (Å²) in [5.41, 5.74) is 0. The second-order valence-corrected chi connectivity index (χ2v) is 2.04. The van der Waals surface area contributed by atoms with Crippen LogP contribution in [0, 0.1) is 0 Å². The van der Waals surface area contributed by atoms with E-state index in [0.29, 0.717) is 0 Å². The van der Waals surface area contributed by atoms with Crippen LogP contribution in [-0.2, 0) is 0 Å². The molecule has 1 atom stereocenters. The van der Waals surface area contributed by atoms with Crippen molar-refractivity contribution < 1.29 is 8.78 Å². The number of halogens is 2. The molecule has 0 aliphatic rings. The second-order valence-electron chi connectivity index (χ2n) is 2.04. The third-order valence-corrected chi connectivity index (χ3v) is 0.902. The van der Waals surface area contributed by atoms with E-state index >= 15 is 0 Å². The van der Waals surface area contributed by atoms with E-state index in [2.05, 4.69) is 0 Å². The van der Waals surface area contributed by atoms with Crippen molar-refractivity contribution in [2.45, 2.75) is 26.4 Å². The van der Waals surface area contributed by atoms with Crippen molar-refractivity contribution in [3.63, 3.8) is 0 Å². The SMILES string of the molecule is CCC=CC(F)=CC(C)F. The number of hydrogen-bond donors (Lipinski definition) is 0. The molecule has 0 aliphatic carbocycles. The van der Waals surface area contributed by atoms with Crippen LogP contribution in [0.1, 0.15) is 20.3 Å². The Labute approximate surface area is 60.2 Å². The molecule has 58 valence electrons. The molecule has 0 rings (SSSR count). The van der Waals surface area contributed by atoms with Crippen molar-refractivity contribution in [3.05, 3.63) is 24.1 Å². The van der Waals surface area contributed by atoms with Gasteiger partial charge in [0.05, 0.1) is 0 Å². The highest BCUT2D eigenvalue weighted by Gasteiger charge is 1.92. The number of rotatable bonds is 3. The molecule has 0 aromatic rings. The van der Waals surface area contributed by atoms with Crippen molar-refractivity contribution in [1.82, 2.24) is 0 Å². The Morgan fingerprint density at radius 1 is 1.60 bits per heavy atom. The van der Waals surface area contributed by atoms with E-state index < -0.39 is 12.0 Å². The molecule has 0 aromatic carbocycles. The Bertz CT molecular complexity index is 134. The number of alkyl halides is 1. The molecular weight excluding hydrogens is 134 g/mol. The smallest absolute Gasteiger partial charge is 0.121 e. The quantitative estimate of drug-likeness (QED) is 0.536. The molecule has 0 saturated heterocycles. The zero-order chi connectivity index (χ0) is 7.98. The molecule has 0 radical (unpaired) electrons. The van der Waals surface area contributed by atoms with Gasteiger partial charge in [-0.05, 0) is 25.5 Å². The van der Waals surface area contributed by atoms with Crippen LogP contribution in [-0.4, -0.2) is 6.17 Å². The fraction of sp³-hybridized carbons (Fsp3) is 0.500. The standard InChI is InChI=1S/C8H12F2/c1-3-4-5-8(10)6-7(2)9/h4-7H,3H2,1-2H3. The number of allylic oxidation sites excluding steroid dienone is 4. The van der Waals surface area contributed by atoms with Crippen LogP contribution in [0.2, 0.25) is 0 Å². The average molecular weight is 146 g/mol. The summed E-state index contributed by atoms with van der Waals surface area (Å²) in [6.07, 6.45) is 3.42. The minimum absolute atomic E-state index is 0.503. The van der Waals surface area contributed by atoms with Gasteiger partial charge in [0.25, 0.3) is 0 Å². The zero-order valence-corrected chi connectivity index (χ0v) is 6.27. The van der Waals surface area contributed by atoms with Gasteiger partial charge in [0.2, 0.25) is 0 Å². The van der Waals surface area contributed by atoms with Gasteiger partial charge in [0.1, 0.15) is 12.0 Å². The van der Waals surface area contributed by atoms with Crippen molar-refractivity contribution in [3.8, 4) is 0 Å². The maximum atomic E-state index is 12.4. The molecule has 0 spiro atoms. The molecule has 2 heteroatoms. The molecule has 0 heterocycles. The van der Waals surface area contributed by atoms with Crippen molar-refractivity contribution >= 4 is 0 Å². The summed E-state index contributed by atoms with van der Waals surface area (Å²) in [5.74, 6) is -0.503. The Balaban J connectivity index is 3.82.